The molecular weight excluding hydrogens is 120 g/mol. The van der Waals surface area contributed by atoms with Crippen LogP contribution in [-0.4, -0.2) is 0 Å². The SMILES string of the molecule is C1=CCC2=CC=CC(=C1)C2. The van der Waals surface area contributed by atoms with Crippen molar-refractivity contribution >= 4 is 0 Å². The maximum absolute atomic E-state index is 2.22. The minimum Gasteiger partial charge on any atom is -0.0804 e. The van der Waals surface area contributed by atoms with Crippen molar-refractivity contribution in [3.05, 3.63) is 47.6 Å². The summed E-state index contributed by atoms with van der Waals surface area (Å²) in [6, 6.07) is 0. The Morgan fingerprint density at radius 3 is 3.10 bits per heavy atom. The molecule has 0 heteroatoms. The molecule has 0 spiro atoms. The lowest BCUT2D eigenvalue weighted by Gasteiger charge is -2.06. The van der Waals surface area contributed by atoms with Gasteiger partial charge in [0.2, 0.25) is 0 Å². The summed E-state index contributed by atoms with van der Waals surface area (Å²) in [5.74, 6) is 0. The van der Waals surface area contributed by atoms with Crippen LogP contribution >= 0.6 is 0 Å². The molecule has 0 saturated carbocycles. The Bertz CT molecular complexity index is 249. The molecule has 0 radical (unpaired) electrons. The van der Waals surface area contributed by atoms with Crippen LogP contribution in [0, 0.1) is 0 Å². The van der Waals surface area contributed by atoms with Gasteiger partial charge in [0.1, 0.15) is 0 Å². The molecule has 0 amide bonds. The van der Waals surface area contributed by atoms with Gasteiger partial charge in [0.15, 0.2) is 0 Å². The Balaban J connectivity index is 2.41. The molecule has 0 aromatic heterocycles. The highest BCUT2D eigenvalue weighted by molar-refractivity contribution is 5.39. The molecule has 2 bridgehead atoms. The summed E-state index contributed by atoms with van der Waals surface area (Å²) in [6.45, 7) is 0. The van der Waals surface area contributed by atoms with Crippen LogP contribution in [0.1, 0.15) is 12.8 Å². The first-order chi connectivity index (χ1) is 4.95. The Morgan fingerprint density at radius 2 is 2.10 bits per heavy atom. The lowest BCUT2D eigenvalue weighted by atomic mass is 9.99. The Hall–Kier alpha value is -1.04. The summed E-state index contributed by atoms with van der Waals surface area (Å²) in [7, 11) is 0. The second-order valence-corrected chi connectivity index (χ2v) is 2.73. The van der Waals surface area contributed by atoms with Gasteiger partial charge in [0.05, 0.1) is 0 Å². The van der Waals surface area contributed by atoms with Crippen molar-refractivity contribution in [1.29, 1.82) is 0 Å². The molecule has 2 aliphatic rings. The predicted octanol–water partition coefficient (Wildman–Crippen LogP) is 2.76. The van der Waals surface area contributed by atoms with Gasteiger partial charge in [-0.05, 0) is 18.4 Å². The highest BCUT2D eigenvalue weighted by Gasteiger charge is 2.03. The lowest BCUT2D eigenvalue weighted by molar-refractivity contribution is 1.07. The van der Waals surface area contributed by atoms with E-state index in [1.165, 1.54) is 11.1 Å². The number of fused-ring (bicyclic) bond motifs is 2. The first kappa shape index (κ1) is 5.72. The Morgan fingerprint density at radius 1 is 1.10 bits per heavy atom. The normalized spacial score (nSPS) is 21.6. The van der Waals surface area contributed by atoms with E-state index < -0.39 is 0 Å². The summed E-state index contributed by atoms with van der Waals surface area (Å²) in [5.41, 5.74) is 2.97. The summed E-state index contributed by atoms with van der Waals surface area (Å²) < 4.78 is 0. The van der Waals surface area contributed by atoms with Crippen LogP contribution < -0.4 is 0 Å². The van der Waals surface area contributed by atoms with E-state index in [-0.39, 0.29) is 0 Å². The van der Waals surface area contributed by atoms with Crippen LogP contribution in [0.15, 0.2) is 47.6 Å². The first-order valence-electron chi connectivity index (χ1n) is 3.67. The van der Waals surface area contributed by atoms with Crippen molar-refractivity contribution in [2.24, 2.45) is 0 Å². The Labute approximate surface area is 61.3 Å². The highest BCUT2D eigenvalue weighted by atomic mass is 14.1. The van der Waals surface area contributed by atoms with Gasteiger partial charge >= 0.3 is 0 Å². The van der Waals surface area contributed by atoms with E-state index in [9.17, 15) is 0 Å². The average molecular weight is 130 g/mol. The monoisotopic (exact) mass is 130 g/mol. The fourth-order valence-electron chi connectivity index (χ4n) is 1.35. The van der Waals surface area contributed by atoms with Gasteiger partial charge in [-0.3, -0.25) is 0 Å². The molecule has 10 heavy (non-hydrogen) atoms. The van der Waals surface area contributed by atoms with E-state index in [0.717, 1.165) is 12.8 Å². The molecule has 2 rings (SSSR count). The fourth-order valence-corrected chi connectivity index (χ4v) is 1.35. The molecule has 0 unspecified atom stereocenters. The summed E-state index contributed by atoms with van der Waals surface area (Å²) in [5, 5.41) is 0. The fraction of sp³-hybridized carbons (Fsp3) is 0.200. The van der Waals surface area contributed by atoms with Crippen LogP contribution in [0.5, 0.6) is 0 Å². The molecule has 2 aliphatic carbocycles. The molecule has 0 saturated heterocycles. The standard InChI is InChI=1S/C10H10/c1-2-5-10-7-3-6-9(4-1)8-10/h1-4,6-7H,5,8H2. The van der Waals surface area contributed by atoms with Gasteiger partial charge < -0.3 is 0 Å². The van der Waals surface area contributed by atoms with Gasteiger partial charge in [-0.15, -0.1) is 0 Å². The van der Waals surface area contributed by atoms with Crippen molar-refractivity contribution in [2.45, 2.75) is 12.8 Å². The van der Waals surface area contributed by atoms with Crippen LogP contribution in [0.25, 0.3) is 0 Å². The number of allylic oxidation sites excluding steroid dienone is 8. The molecule has 0 aromatic carbocycles. The Kier molecular flexibility index (Phi) is 1.31. The van der Waals surface area contributed by atoms with Crippen molar-refractivity contribution in [3.8, 4) is 0 Å². The third-order valence-electron chi connectivity index (χ3n) is 1.90. The van der Waals surface area contributed by atoms with Crippen molar-refractivity contribution in [1.82, 2.24) is 0 Å². The highest BCUT2D eigenvalue weighted by Crippen LogP contribution is 2.22. The molecule has 0 fully saturated rings. The zero-order valence-electron chi connectivity index (χ0n) is 5.88. The van der Waals surface area contributed by atoms with E-state index in [2.05, 4.69) is 36.5 Å². The van der Waals surface area contributed by atoms with E-state index in [0.29, 0.717) is 0 Å². The van der Waals surface area contributed by atoms with Crippen LogP contribution in [0.2, 0.25) is 0 Å². The number of hydrogen-bond donors (Lipinski definition) is 0. The van der Waals surface area contributed by atoms with E-state index in [1.807, 2.05) is 0 Å². The molecule has 0 aliphatic heterocycles. The molecule has 0 N–H and O–H groups in total. The smallest absolute Gasteiger partial charge is 0.00609 e. The molecule has 0 heterocycles. The van der Waals surface area contributed by atoms with Gasteiger partial charge in [-0.2, -0.15) is 0 Å². The third-order valence-corrected chi connectivity index (χ3v) is 1.90. The largest absolute Gasteiger partial charge is 0.0804 e. The summed E-state index contributed by atoms with van der Waals surface area (Å²) in [6.07, 6.45) is 15.4. The zero-order chi connectivity index (χ0) is 6.81. The maximum Gasteiger partial charge on any atom is -0.00609 e. The minimum absolute atomic E-state index is 1.13. The van der Waals surface area contributed by atoms with Gasteiger partial charge in [-0.25, -0.2) is 0 Å². The second kappa shape index (κ2) is 2.30. The average Bonchev–Trinajstić information content (AvgIpc) is 2.12. The van der Waals surface area contributed by atoms with Crippen molar-refractivity contribution < 1.29 is 0 Å². The van der Waals surface area contributed by atoms with E-state index in [1.54, 1.807) is 0 Å². The molecule has 0 nitrogen and oxygen atoms in total. The van der Waals surface area contributed by atoms with E-state index >= 15 is 0 Å². The van der Waals surface area contributed by atoms with Gasteiger partial charge in [0.25, 0.3) is 0 Å². The molecule has 0 atom stereocenters. The zero-order valence-corrected chi connectivity index (χ0v) is 5.88. The molecule has 0 aromatic rings. The minimum atomic E-state index is 1.13. The van der Waals surface area contributed by atoms with Crippen molar-refractivity contribution in [3.63, 3.8) is 0 Å². The third kappa shape index (κ3) is 0.971. The maximum atomic E-state index is 2.22. The van der Waals surface area contributed by atoms with E-state index in [4.69, 9.17) is 0 Å². The molecule has 50 valence electrons. The lowest BCUT2D eigenvalue weighted by Crippen LogP contribution is -1.86. The van der Waals surface area contributed by atoms with Crippen molar-refractivity contribution in [2.75, 3.05) is 0 Å². The quantitative estimate of drug-likeness (QED) is 0.473. The number of hydrogen-bond acceptors (Lipinski definition) is 0. The van der Waals surface area contributed by atoms with Gasteiger partial charge in [0, 0.05) is 0 Å². The van der Waals surface area contributed by atoms with Gasteiger partial charge in [-0.1, -0.05) is 42.0 Å². The summed E-state index contributed by atoms with van der Waals surface area (Å²) >= 11 is 0. The first-order valence-corrected chi connectivity index (χ1v) is 3.67. The summed E-state index contributed by atoms with van der Waals surface area (Å²) in [4.78, 5) is 0. The number of rotatable bonds is 0. The predicted molar refractivity (Wildman–Crippen MR) is 43.7 cm³/mol. The topological polar surface area (TPSA) is 0 Å². The van der Waals surface area contributed by atoms with Crippen LogP contribution in [0.4, 0.5) is 0 Å². The van der Waals surface area contributed by atoms with Crippen LogP contribution in [-0.2, 0) is 0 Å². The second-order valence-electron chi connectivity index (χ2n) is 2.73. The van der Waals surface area contributed by atoms with Crippen LogP contribution in [0.3, 0.4) is 0 Å². The molecular formula is C10H10.